The van der Waals surface area contributed by atoms with Crippen molar-refractivity contribution in [1.29, 1.82) is 0 Å². The predicted octanol–water partition coefficient (Wildman–Crippen LogP) is 2.71. The van der Waals surface area contributed by atoms with E-state index in [-0.39, 0.29) is 0 Å². The molecular formula is C15H23ClN2O. The normalized spacial score (nSPS) is 19.1. The second-order valence-corrected chi connectivity index (χ2v) is 5.43. The molecular weight excluding hydrogens is 260 g/mol. The van der Waals surface area contributed by atoms with Crippen molar-refractivity contribution in [2.24, 2.45) is 0 Å². The van der Waals surface area contributed by atoms with Gasteiger partial charge in [0.15, 0.2) is 0 Å². The van der Waals surface area contributed by atoms with Crippen molar-refractivity contribution < 1.29 is 4.74 Å². The van der Waals surface area contributed by atoms with Gasteiger partial charge in [0.25, 0.3) is 0 Å². The summed E-state index contributed by atoms with van der Waals surface area (Å²) < 4.78 is 5.48. The smallest absolute Gasteiger partial charge is 0.0593 e. The molecule has 1 aromatic rings. The lowest BCUT2D eigenvalue weighted by atomic mass is 10.0. The van der Waals surface area contributed by atoms with Gasteiger partial charge in [-0.05, 0) is 37.6 Å². The summed E-state index contributed by atoms with van der Waals surface area (Å²) in [4.78, 5) is 2.49. The average molecular weight is 283 g/mol. The summed E-state index contributed by atoms with van der Waals surface area (Å²) in [7, 11) is 2.02. The Bertz CT molecular complexity index is 361. The minimum Gasteiger partial charge on any atom is -0.380 e. The Morgan fingerprint density at radius 2 is 2.05 bits per heavy atom. The van der Waals surface area contributed by atoms with Gasteiger partial charge in [0.05, 0.1) is 6.61 Å². The van der Waals surface area contributed by atoms with E-state index < -0.39 is 0 Å². The first-order valence-electron chi connectivity index (χ1n) is 7.02. The molecule has 2 rings (SSSR count). The maximum atomic E-state index is 5.93. The Morgan fingerprint density at radius 3 is 2.79 bits per heavy atom. The fraction of sp³-hybridized carbons (Fsp3) is 0.600. The number of nitrogens with zero attached hydrogens (tertiary/aromatic N) is 1. The molecule has 1 N–H and O–H groups in total. The second kappa shape index (κ2) is 7.85. The standard InChI is InChI=1S/C15H23ClN2O/c1-17-15(13-3-5-14(16)6-4-13)7-9-18-8-2-11-19-12-10-18/h3-6,15,17H,2,7-12H2,1H3. The first kappa shape index (κ1) is 14.8. The van der Waals surface area contributed by atoms with E-state index in [2.05, 4.69) is 22.3 Å². The number of benzene rings is 1. The molecule has 3 nitrogen and oxygen atoms in total. The molecule has 0 spiro atoms. The van der Waals surface area contributed by atoms with Crippen molar-refractivity contribution >= 4 is 11.6 Å². The van der Waals surface area contributed by atoms with Crippen molar-refractivity contribution in [2.45, 2.75) is 18.9 Å². The Labute approximate surface area is 120 Å². The molecule has 106 valence electrons. The Morgan fingerprint density at radius 1 is 1.26 bits per heavy atom. The lowest BCUT2D eigenvalue weighted by molar-refractivity contribution is 0.140. The van der Waals surface area contributed by atoms with Crippen molar-refractivity contribution in [3.63, 3.8) is 0 Å². The first-order chi connectivity index (χ1) is 9.29. The summed E-state index contributed by atoms with van der Waals surface area (Å²) in [6.45, 7) is 5.08. The van der Waals surface area contributed by atoms with Gasteiger partial charge in [-0.15, -0.1) is 0 Å². The number of halogens is 1. The molecule has 0 amide bonds. The molecule has 1 fully saturated rings. The fourth-order valence-corrected chi connectivity index (χ4v) is 2.63. The highest BCUT2D eigenvalue weighted by atomic mass is 35.5. The molecule has 19 heavy (non-hydrogen) atoms. The van der Waals surface area contributed by atoms with E-state index in [9.17, 15) is 0 Å². The van der Waals surface area contributed by atoms with Crippen LogP contribution in [0.15, 0.2) is 24.3 Å². The van der Waals surface area contributed by atoms with Crippen LogP contribution in [0.3, 0.4) is 0 Å². The Balaban J connectivity index is 1.86. The molecule has 0 aliphatic carbocycles. The minimum absolute atomic E-state index is 0.390. The maximum Gasteiger partial charge on any atom is 0.0593 e. The fourth-order valence-electron chi connectivity index (χ4n) is 2.51. The van der Waals surface area contributed by atoms with Crippen molar-refractivity contribution in [3.8, 4) is 0 Å². The summed E-state index contributed by atoms with van der Waals surface area (Å²) in [5.74, 6) is 0. The zero-order chi connectivity index (χ0) is 13.5. The van der Waals surface area contributed by atoms with Crippen molar-refractivity contribution in [2.75, 3.05) is 39.9 Å². The highest BCUT2D eigenvalue weighted by Crippen LogP contribution is 2.19. The van der Waals surface area contributed by atoms with E-state index in [0.717, 1.165) is 50.7 Å². The van der Waals surface area contributed by atoms with Gasteiger partial charge in [-0.2, -0.15) is 0 Å². The van der Waals surface area contributed by atoms with E-state index in [0.29, 0.717) is 6.04 Å². The molecule has 1 aromatic carbocycles. The monoisotopic (exact) mass is 282 g/mol. The average Bonchev–Trinajstić information content (AvgIpc) is 2.70. The number of ether oxygens (including phenoxy) is 1. The van der Waals surface area contributed by atoms with Crippen LogP contribution in [-0.4, -0.2) is 44.8 Å². The van der Waals surface area contributed by atoms with Gasteiger partial charge in [-0.1, -0.05) is 23.7 Å². The summed E-state index contributed by atoms with van der Waals surface area (Å²) in [5, 5.41) is 4.19. The summed E-state index contributed by atoms with van der Waals surface area (Å²) in [6.07, 6.45) is 2.25. The summed E-state index contributed by atoms with van der Waals surface area (Å²) in [6, 6.07) is 8.52. The SMILES string of the molecule is CNC(CCN1CCCOCC1)c1ccc(Cl)cc1. The van der Waals surface area contributed by atoms with Crippen LogP contribution < -0.4 is 5.32 Å². The van der Waals surface area contributed by atoms with Crippen LogP contribution in [0.4, 0.5) is 0 Å². The third kappa shape index (κ3) is 4.77. The van der Waals surface area contributed by atoms with Crippen LogP contribution in [-0.2, 0) is 4.74 Å². The van der Waals surface area contributed by atoms with E-state index in [4.69, 9.17) is 16.3 Å². The molecule has 0 radical (unpaired) electrons. The van der Waals surface area contributed by atoms with Gasteiger partial charge in [0.1, 0.15) is 0 Å². The number of rotatable bonds is 5. The largest absolute Gasteiger partial charge is 0.380 e. The quantitative estimate of drug-likeness (QED) is 0.899. The molecule has 1 unspecified atom stereocenters. The van der Waals surface area contributed by atoms with Gasteiger partial charge in [0, 0.05) is 37.3 Å². The van der Waals surface area contributed by atoms with E-state index >= 15 is 0 Å². The topological polar surface area (TPSA) is 24.5 Å². The zero-order valence-electron chi connectivity index (χ0n) is 11.6. The minimum atomic E-state index is 0.390. The first-order valence-corrected chi connectivity index (χ1v) is 7.40. The molecule has 0 aromatic heterocycles. The number of nitrogens with one attached hydrogen (secondary N) is 1. The highest BCUT2D eigenvalue weighted by molar-refractivity contribution is 6.30. The zero-order valence-corrected chi connectivity index (χ0v) is 12.3. The number of hydrogen-bond acceptors (Lipinski definition) is 3. The summed E-state index contributed by atoms with van der Waals surface area (Å²) in [5.41, 5.74) is 1.30. The lowest BCUT2D eigenvalue weighted by Crippen LogP contribution is -2.30. The maximum absolute atomic E-state index is 5.93. The third-order valence-electron chi connectivity index (χ3n) is 3.67. The van der Waals surface area contributed by atoms with Crippen LogP contribution >= 0.6 is 11.6 Å². The molecule has 0 saturated carbocycles. The van der Waals surface area contributed by atoms with E-state index in [1.54, 1.807) is 0 Å². The van der Waals surface area contributed by atoms with Crippen LogP contribution in [0.5, 0.6) is 0 Å². The predicted molar refractivity (Wildman–Crippen MR) is 79.7 cm³/mol. The third-order valence-corrected chi connectivity index (χ3v) is 3.92. The summed E-state index contributed by atoms with van der Waals surface area (Å²) >= 11 is 5.93. The second-order valence-electron chi connectivity index (χ2n) is 4.99. The van der Waals surface area contributed by atoms with Crippen LogP contribution in [0, 0.1) is 0 Å². The molecule has 1 aliphatic heterocycles. The molecule has 0 bridgehead atoms. The molecule has 4 heteroatoms. The van der Waals surface area contributed by atoms with Crippen molar-refractivity contribution in [1.82, 2.24) is 10.2 Å². The molecule has 1 atom stereocenters. The molecule has 1 saturated heterocycles. The Hall–Kier alpha value is -0.610. The Kier molecular flexibility index (Phi) is 6.11. The van der Waals surface area contributed by atoms with Crippen LogP contribution in [0.25, 0.3) is 0 Å². The van der Waals surface area contributed by atoms with Gasteiger partial charge < -0.3 is 15.0 Å². The van der Waals surface area contributed by atoms with Gasteiger partial charge in [0.2, 0.25) is 0 Å². The molecule has 1 aliphatic rings. The van der Waals surface area contributed by atoms with Gasteiger partial charge in [-0.25, -0.2) is 0 Å². The van der Waals surface area contributed by atoms with E-state index in [1.807, 2.05) is 19.2 Å². The van der Waals surface area contributed by atoms with Crippen molar-refractivity contribution in [3.05, 3.63) is 34.9 Å². The molecule has 1 heterocycles. The van der Waals surface area contributed by atoms with Gasteiger partial charge >= 0.3 is 0 Å². The van der Waals surface area contributed by atoms with Crippen LogP contribution in [0.2, 0.25) is 5.02 Å². The number of hydrogen-bond donors (Lipinski definition) is 1. The van der Waals surface area contributed by atoms with E-state index in [1.165, 1.54) is 5.56 Å². The lowest BCUT2D eigenvalue weighted by Gasteiger charge is -2.23. The van der Waals surface area contributed by atoms with Crippen LogP contribution in [0.1, 0.15) is 24.4 Å². The highest BCUT2D eigenvalue weighted by Gasteiger charge is 2.13. The van der Waals surface area contributed by atoms with Gasteiger partial charge in [-0.3, -0.25) is 0 Å².